The molecule has 0 aliphatic heterocycles. The Morgan fingerprint density at radius 3 is 2.44 bits per heavy atom. The molecule has 0 radical (unpaired) electrons. The van der Waals surface area contributed by atoms with Crippen molar-refractivity contribution in [3.05, 3.63) is 71.8 Å². The molecule has 140 valence electrons. The summed E-state index contributed by atoms with van der Waals surface area (Å²) in [5, 5.41) is 5.24. The fourth-order valence-corrected chi connectivity index (χ4v) is 3.32. The van der Waals surface area contributed by atoms with E-state index in [1.807, 2.05) is 68.4 Å². The highest BCUT2D eigenvalue weighted by Gasteiger charge is 2.21. The van der Waals surface area contributed by atoms with Gasteiger partial charge in [-0.05, 0) is 41.8 Å². The first-order valence-corrected chi connectivity index (χ1v) is 9.56. The average Bonchev–Trinajstić information content (AvgIpc) is 2.67. The number of para-hydroxylation sites is 1. The molecule has 1 unspecified atom stereocenters. The van der Waals surface area contributed by atoms with Gasteiger partial charge >= 0.3 is 0 Å². The molecule has 3 heteroatoms. The molecule has 3 nitrogen and oxygen atoms in total. The van der Waals surface area contributed by atoms with E-state index in [2.05, 4.69) is 25.2 Å². The van der Waals surface area contributed by atoms with Crippen LogP contribution in [0.3, 0.4) is 0 Å². The summed E-state index contributed by atoms with van der Waals surface area (Å²) in [5.74, 6) is 0.963. The summed E-state index contributed by atoms with van der Waals surface area (Å²) in [6.07, 6.45) is 0.0493. The summed E-state index contributed by atoms with van der Waals surface area (Å²) in [4.78, 5) is 13.0. The predicted molar refractivity (Wildman–Crippen MR) is 113 cm³/mol. The zero-order valence-electron chi connectivity index (χ0n) is 16.5. The van der Waals surface area contributed by atoms with Crippen LogP contribution < -0.4 is 10.1 Å². The number of carbonyl (C=O) groups is 1. The number of carbonyl (C=O) groups excluding carboxylic acids is 1. The molecule has 1 N–H and O–H groups in total. The van der Waals surface area contributed by atoms with Gasteiger partial charge in [0.1, 0.15) is 5.75 Å². The van der Waals surface area contributed by atoms with Gasteiger partial charge in [0.25, 0.3) is 5.91 Å². The zero-order chi connectivity index (χ0) is 19.4. The summed E-state index contributed by atoms with van der Waals surface area (Å²) in [7, 11) is 0. The number of aryl methyl sites for hydroxylation is 1. The number of fused-ring (bicyclic) bond motifs is 1. The largest absolute Gasteiger partial charge is 0.480 e. The van der Waals surface area contributed by atoms with Crippen LogP contribution in [-0.2, 0) is 4.79 Å². The van der Waals surface area contributed by atoms with E-state index in [0.29, 0.717) is 12.3 Å². The van der Waals surface area contributed by atoms with E-state index in [1.165, 1.54) is 0 Å². The van der Waals surface area contributed by atoms with Gasteiger partial charge in [0.05, 0.1) is 0 Å². The molecule has 0 saturated heterocycles. The lowest BCUT2D eigenvalue weighted by Gasteiger charge is -2.21. The molecular formula is C24H27NO2. The van der Waals surface area contributed by atoms with Gasteiger partial charge in [-0.15, -0.1) is 0 Å². The summed E-state index contributed by atoms with van der Waals surface area (Å²) < 4.78 is 6.14. The first kappa shape index (κ1) is 19.0. The number of ether oxygens (including phenoxy) is 1. The topological polar surface area (TPSA) is 38.3 Å². The molecule has 1 atom stereocenters. The highest BCUT2D eigenvalue weighted by molar-refractivity contribution is 5.96. The van der Waals surface area contributed by atoms with Crippen LogP contribution in [0.15, 0.2) is 60.7 Å². The normalized spacial score (nSPS) is 12.2. The van der Waals surface area contributed by atoms with Crippen molar-refractivity contribution in [3.8, 4) is 5.75 Å². The minimum absolute atomic E-state index is 0.110. The SMILES string of the molecule is CCC(Oc1cccc2ccccc12)C(=O)Nc1c(C)cccc1C(C)C. The standard InChI is InChI=1S/C24H27NO2/c1-5-21(27-22-15-9-12-18-11-6-7-13-20(18)22)24(26)25-23-17(4)10-8-14-19(23)16(2)3/h6-16,21H,5H2,1-4H3,(H,25,26). The van der Waals surface area contributed by atoms with Gasteiger partial charge in [-0.25, -0.2) is 0 Å². The fourth-order valence-electron chi connectivity index (χ4n) is 3.32. The Balaban J connectivity index is 1.85. The molecule has 0 spiro atoms. The highest BCUT2D eigenvalue weighted by atomic mass is 16.5. The van der Waals surface area contributed by atoms with Crippen molar-refractivity contribution in [1.29, 1.82) is 0 Å². The molecule has 0 saturated carbocycles. The van der Waals surface area contributed by atoms with Gasteiger partial charge in [0, 0.05) is 11.1 Å². The quantitative estimate of drug-likeness (QED) is 0.579. The van der Waals surface area contributed by atoms with Crippen LogP contribution in [-0.4, -0.2) is 12.0 Å². The van der Waals surface area contributed by atoms with Crippen LogP contribution in [0.25, 0.3) is 10.8 Å². The van der Waals surface area contributed by atoms with Crippen LogP contribution >= 0.6 is 0 Å². The second kappa shape index (κ2) is 8.26. The molecule has 3 aromatic rings. The van der Waals surface area contributed by atoms with Gasteiger partial charge in [0.2, 0.25) is 0 Å². The van der Waals surface area contributed by atoms with E-state index in [9.17, 15) is 4.79 Å². The van der Waals surface area contributed by atoms with Crippen molar-refractivity contribution in [2.75, 3.05) is 5.32 Å². The number of benzene rings is 3. The van der Waals surface area contributed by atoms with E-state index < -0.39 is 6.10 Å². The van der Waals surface area contributed by atoms with Gasteiger partial charge in [-0.1, -0.05) is 75.4 Å². The number of hydrogen-bond donors (Lipinski definition) is 1. The van der Waals surface area contributed by atoms with Crippen molar-refractivity contribution in [2.24, 2.45) is 0 Å². The molecule has 0 aliphatic rings. The Hall–Kier alpha value is -2.81. The molecule has 3 rings (SSSR count). The number of rotatable bonds is 6. The lowest BCUT2D eigenvalue weighted by molar-refractivity contribution is -0.122. The van der Waals surface area contributed by atoms with Crippen molar-refractivity contribution in [3.63, 3.8) is 0 Å². The summed E-state index contributed by atoms with van der Waals surface area (Å²) in [5.41, 5.74) is 3.11. The number of hydrogen-bond acceptors (Lipinski definition) is 2. The smallest absolute Gasteiger partial charge is 0.265 e. The molecule has 1 amide bonds. The minimum Gasteiger partial charge on any atom is -0.480 e. The molecular weight excluding hydrogens is 334 g/mol. The molecule has 0 aromatic heterocycles. The van der Waals surface area contributed by atoms with Crippen LogP contribution in [0.4, 0.5) is 5.69 Å². The first-order chi connectivity index (χ1) is 13.0. The average molecular weight is 361 g/mol. The Morgan fingerprint density at radius 2 is 1.70 bits per heavy atom. The minimum atomic E-state index is -0.546. The monoisotopic (exact) mass is 361 g/mol. The van der Waals surface area contributed by atoms with Gasteiger partial charge < -0.3 is 10.1 Å². The van der Waals surface area contributed by atoms with Crippen molar-refractivity contribution in [1.82, 2.24) is 0 Å². The molecule has 0 aliphatic carbocycles. The third-order valence-corrected chi connectivity index (χ3v) is 4.86. The van der Waals surface area contributed by atoms with E-state index in [1.54, 1.807) is 0 Å². The maximum absolute atomic E-state index is 13.0. The van der Waals surface area contributed by atoms with E-state index in [-0.39, 0.29) is 5.91 Å². The number of amides is 1. The number of nitrogens with one attached hydrogen (secondary N) is 1. The third kappa shape index (κ3) is 4.13. The molecule has 27 heavy (non-hydrogen) atoms. The highest BCUT2D eigenvalue weighted by Crippen LogP contribution is 2.29. The molecule has 0 bridgehead atoms. The van der Waals surface area contributed by atoms with E-state index in [4.69, 9.17) is 4.74 Å². The maximum atomic E-state index is 13.0. The first-order valence-electron chi connectivity index (χ1n) is 9.56. The summed E-state index contributed by atoms with van der Waals surface area (Å²) >= 11 is 0. The molecule has 0 heterocycles. The Labute approximate surface area is 161 Å². The molecule has 0 fully saturated rings. The molecule has 3 aromatic carbocycles. The number of anilines is 1. The Bertz CT molecular complexity index is 941. The third-order valence-electron chi connectivity index (χ3n) is 4.86. The van der Waals surface area contributed by atoms with Crippen LogP contribution in [0.1, 0.15) is 44.2 Å². The maximum Gasteiger partial charge on any atom is 0.265 e. The predicted octanol–water partition coefficient (Wildman–Crippen LogP) is 6.07. The fraction of sp³-hybridized carbons (Fsp3) is 0.292. The van der Waals surface area contributed by atoms with E-state index >= 15 is 0 Å². The Morgan fingerprint density at radius 1 is 1.00 bits per heavy atom. The van der Waals surface area contributed by atoms with Crippen LogP contribution in [0, 0.1) is 6.92 Å². The van der Waals surface area contributed by atoms with Gasteiger partial charge in [-0.3, -0.25) is 4.79 Å². The summed E-state index contributed by atoms with van der Waals surface area (Å²) in [6, 6.07) is 20.1. The van der Waals surface area contributed by atoms with Crippen molar-refractivity contribution in [2.45, 2.75) is 46.1 Å². The zero-order valence-corrected chi connectivity index (χ0v) is 16.5. The Kier molecular flexibility index (Phi) is 5.80. The lowest BCUT2D eigenvalue weighted by Crippen LogP contribution is -2.33. The van der Waals surface area contributed by atoms with Gasteiger partial charge in [-0.2, -0.15) is 0 Å². The van der Waals surface area contributed by atoms with Crippen LogP contribution in [0.5, 0.6) is 5.75 Å². The second-order valence-electron chi connectivity index (χ2n) is 7.18. The van der Waals surface area contributed by atoms with Crippen molar-refractivity contribution < 1.29 is 9.53 Å². The van der Waals surface area contributed by atoms with Crippen LogP contribution in [0.2, 0.25) is 0 Å². The lowest BCUT2D eigenvalue weighted by atomic mass is 9.98. The van der Waals surface area contributed by atoms with Crippen molar-refractivity contribution >= 4 is 22.4 Å². The van der Waals surface area contributed by atoms with E-state index in [0.717, 1.165) is 33.3 Å². The second-order valence-corrected chi connectivity index (χ2v) is 7.18. The summed E-state index contributed by atoms with van der Waals surface area (Å²) in [6.45, 7) is 8.26. The van der Waals surface area contributed by atoms with Gasteiger partial charge in [0.15, 0.2) is 6.10 Å².